The molecule has 21 heavy (non-hydrogen) atoms. The molecule has 2 rings (SSSR count). The number of hydrogen-bond acceptors (Lipinski definition) is 1. The van der Waals surface area contributed by atoms with Gasteiger partial charge in [-0.1, -0.05) is 50.3 Å². The maximum Gasteiger partial charge on any atom is 0.223 e. The summed E-state index contributed by atoms with van der Waals surface area (Å²) in [5.74, 6) is 1.02. The Labute approximate surface area is 128 Å². The van der Waals surface area contributed by atoms with Crippen LogP contribution < -0.4 is 5.32 Å². The van der Waals surface area contributed by atoms with Gasteiger partial charge in [-0.05, 0) is 49.7 Å². The van der Waals surface area contributed by atoms with Gasteiger partial charge in [0.05, 0.1) is 6.04 Å². The number of nitrogens with one attached hydrogen (secondary N) is 1. The fourth-order valence-corrected chi connectivity index (χ4v) is 2.86. The summed E-state index contributed by atoms with van der Waals surface area (Å²) in [4.78, 5) is 12.2. The summed E-state index contributed by atoms with van der Waals surface area (Å²) in [7, 11) is 0. The van der Waals surface area contributed by atoms with Crippen LogP contribution in [0, 0.1) is 11.8 Å². The molecular weight excluding hydrogens is 258 g/mol. The van der Waals surface area contributed by atoms with Crippen LogP contribution in [-0.4, -0.2) is 5.91 Å². The fraction of sp³-hybridized carbons (Fsp3) is 0.526. The van der Waals surface area contributed by atoms with Crippen molar-refractivity contribution in [2.75, 3.05) is 0 Å². The quantitative estimate of drug-likeness (QED) is 0.797. The van der Waals surface area contributed by atoms with E-state index in [2.05, 4.69) is 62.5 Å². The third-order valence-corrected chi connectivity index (χ3v) is 4.12. The van der Waals surface area contributed by atoms with E-state index in [0.29, 0.717) is 5.92 Å². The number of hydrogen-bond donors (Lipinski definition) is 1. The van der Waals surface area contributed by atoms with Crippen molar-refractivity contribution in [3.63, 3.8) is 0 Å². The standard InChI is InChI=1S/C19H27NO/c1-14(2)13-16-9-11-17(12-10-16)15(3)20-19(21)18-7-5-4-6-8-18/h4-5,9-12,14-15,18H,6-8,13H2,1-3H3,(H,20,21). The average Bonchev–Trinajstić information content (AvgIpc) is 2.48. The molecule has 2 unspecified atom stereocenters. The molecule has 114 valence electrons. The van der Waals surface area contributed by atoms with Crippen molar-refractivity contribution in [1.82, 2.24) is 5.32 Å². The molecule has 2 atom stereocenters. The summed E-state index contributed by atoms with van der Waals surface area (Å²) in [6.45, 7) is 6.53. The lowest BCUT2D eigenvalue weighted by Gasteiger charge is -2.21. The summed E-state index contributed by atoms with van der Waals surface area (Å²) >= 11 is 0. The molecule has 2 nitrogen and oxygen atoms in total. The van der Waals surface area contributed by atoms with Crippen LogP contribution in [0.3, 0.4) is 0 Å². The number of carbonyl (C=O) groups excluding carboxylic acids is 1. The van der Waals surface area contributed by atoms with Crippen molar-refractivity contribution in [2.24, 2.45) is 11.8 Å². The van der Waals surface area contributed by atoms with E-state index >= 15 is 0 Å². The van der Waals surface area contributed by atoms with Crippen LogP contribution in [-0.2, 0) is 11.2 Å². The Bertz CT molecular complexity index is 487. The molecule has 1 aliphatic carbocycles. The van der Waals surface area contributed by atoms with Crippen molar-refractivity contribution >= 4 is 5.91 Å². The largest absolute Gasteiger partial charge is 0.349 e. The minimum absolute atomic E-state index is 0.0801. The van der Waals surface area contributed by atoms with Gasteiger partial charge >= 0.3 is 0 Å². The molecule has 2 heteroatoms. The highest BCUT2D eigenvalue weighted by atomic mass is 16.1. The van der Waals surface area contributed by atoms with E-state index in [1.54, 1.807) is 0 Å². The number of allylic oxidation sites excluding steroid dienone is 2. The third-order valence-electron chi connectivity index (χ3n) is 4.12. The molecule has 1 amide bonds. The molecular formula is C19H27NO. The summed E-state index contributed by atoms with van der Waals surface area (Å²) in [5.41, 5.74) is 2.55. The van der Waals surface area contributed by atoms with Crippen LogP contribution >= 0.6 is 0 Å². The molecule has 1 N–H and O–H groups in total. The van der Waals surface area contributed by atoms with Crippen LogP contribution in [0.2, 0.25) is 0 Å². The van der Waals surface area contributed by atoms with Gasteiger partial charge in [-0.2, -0.15) is 0 Å². The fourth-order valence-electron chi connectivity index (χ4n) is 2.86. The van der Waals surface area contributed by atoms with Gasteiger partial charge in [0, 0.05) is 5.92 Å². The first-order chi connectivity index (χ1) is 10.1. The number of carbonyl (C=O) groups is 1. The van der Waals surface area contributed by atoms with E-state index in [4.69, 9.17) is 0 Å². The lowest BCUT2D eigenvalue weighted by atomic mass is 9.93. The highest BCUT2D eigenvalue weighted by Crippen LogP contribution is 2.21. The molecule has 1 aromatic carbocycles. The van der Waals surface area contributed by atoms with E-state index < -0.39 is 0 Å². The van der Waals surface area contributed by atoms with E-state index in [0.717, 1.165) is 25.7 Å². The average molecular weight is 285 g/mol. The maximum atomic E-state index is 12.2. The van der Waals surface area contributed by atoms with Gasteiger partial charge in [0.1, 0.15) is 0 Å². The van der Waals surface area contributed by atoms with E-state index in [1.807, 2.05) is 0 Å². The van der Waals surface area contributed by atoms with Crippen molar-refractivity contribution in [1.29, 1.82) is 0 Å². The van der Waals surface area contributed by atoms with Gasteiger partial charge < -0.3 is 5.32 Å². The molecule has 1 aromatic rings. The molecule has 0 aromatic heterocycles. The van der Waals surface area contributed by atoms with Crippen LogP contribution in [0.4, 0.5) is 0 Å². The molecule has 0 spiro atoms. The third kappa shape index (κ3) is 4.73. The summed E-state index contributed by atoms with van der Waals surface area (Å²) in [6, 6.07) is 8.73. The van der Waals surface area contributed by atoms with Gasteiger partial charge in [0.2, 0.25) is 5.91 Å². The van der Waals surface area contributed by atoms with Gasteiger partial charge in [-0.25, -0.2) is 0 Å². The Hall–Kier alpha value is -1.57. The lowest BCUT2D eigenvalue weighted by Crippen LogP contribution is -2.33. The van der Waals surface area contributed by atoms with Crippen molar-refractivity contribution in [2.45, 2.75) is 52.5 Å². The highest BCUT2D eigenvalue weighted by Gasteiger charge is 2.20. The minimum Gasteiger partial charge on any atom is -0.349 e. The number of benzene rings is 1. The Morgan fingerprint density at radius 3 is 2.48 bits per heavy atom. The summed E-state index contributed by atoms with van der Waals surface area (Å²) in [6.07, 6.45) is 8.28. The first-order valence-electron chi connectivity index (χ1n) is 8.10. The molecule has 0 bridgehead atoms. The normalized spacial score (nSPS) is 19.5. The second-order valence-corrected chi connectivity index (χ2v) is 6.55. The molecule has 0 fully saturated rings. The highest BCUT2D eigenvalue weighted by molar-refractivity contribution is 5.79. The van der Waals surface area contributed by atoms with Gasteiger partial charge in [-0.3, -0.25) is 4.79 Å². The minimum atomic E-state index is 0.0801. The number of rotatable bonds is 5. The van der Waals surface area contributed by atoms with Gasteiger partial charge in [0.25, 0.3) is 0 Å². The Morgan fingerprint density at radius 1 is 1.19 bits per heavy atom. The molecule has 0 radical (unpaired) electrons. The van der Waals surface area contributed by atoms with Crippen LogP contribution in [0.25, 0.3) is 0 Å². The molecule has 1 aliphatic rings. The molecule has 0 saturated carbocycles. The molecule has 0 saturated heterocycles. The van der Waals surface area contributed by atoms with E-state index in [9.17, 15) is 4.79 Å². The molecule has 0 heterocycles. The zero-order chi connectivity index (χ0) is 15.2. The summed E-state index contributed by atoms with van der Waals surface area (Å²) < 4.78 is 0. The maximum absolute atomic E-state index is 12.2. The van der Waals surface area contributed by atoms with Crippen LogP contribution in [0.5, 0.6) is 0 Å². The Morgan fingerprint density at radius 2 is 1.90 bits per heavy atom. The lowest BCUT2D eigenvalue weighted by molar-refractivity contribution is -0.125. The summed E-state index contributed by atoms with van der Waals surface area (Å²) in [5, 5.41) is 3.15. The molecule has 0 aliphatic heterocycles. The van der Waals surface area contributed by atoms with Crippen molar-refractivity contribution in [3.05, 3.63) is 47.5 Å². The Kier molecular flexibility index (Phi) is 5.60. The van der Waals surface area contributed by atoms with Crippen molar-refractivity contribution in [3.8, 4) is 0 Å². The smallest absolute Gasteiger partial charge is 0.223 e. The van der Waals surface area contributed by atoms with E-state index in [1.165, 1.54) is 11.1 Å². The van der Waals surface area contributed by atoms with E-state index in [-0.39, 0.29) is 17.9 Å². The predicted octanol–water partition coefficient (Wildman–Crippen LogP) is 4.42. The Balaban J connectivity index is 1.91. The SMILES string of the molecule is CC(C)Cc1ccc(C(C)NC(=O)C2CC=CCC2)cc1. The monoisotopic (exact) mass is 285 g/mol. The topological polar surface area (TPSA) is 29.1 Å². The van der Waals surface area contributed by atoms with Crippen molar-refractivity contribution < 1.29 is 4.79 Å². The van der Waals surface area contributed by atoms with Gasteiger partial charge in [0.15, 0.2) is 0 Å². The first-order valence-corrected chi connectivity index (χ1v) is 8.10. The van der Waals surface area contributed by atoms with Gasteiger partial charge in [-0.15, -0.1) is 0 Å². The van der Waals surface area contributed by atoms with Crippen LogP contribution in [0.1, 0.15) is 57.2 Å². The van der Waals surface area contributed by atoms with Crippen LogP contribution in [0.15, 0.2) is 36.4 Å². The zero-order valence-electron chi connectivity index (χ0n) is 13.4. The zero-order valence-corrected chi connectivity index (χ0v) is 13.4. The second kappa shape index (κ2) is 7.44. The number of amides is 1. The first kappa shape index (κ1) is 15.8. The second-order valence-electron chi connectivity index (χ2n) is 6.55. The predicted molar refractivity (Wildman–Crippen MR) is 88.0 cm³/mol.